The second-order valence-corrected chi connectivity index (χ2v) is 8.30. The average molecular weight is 345 g/mol. The third-order valence-corrected chi connectivity index (χ3v) is 5.82. The lowest BCUT2D eigenvalue weighted by molar-refractivity contribution is -0.0340. The molecule has 0 aromatic carbocycles. The van der Waals surface area contributed by atoms with Gasteiger partial charge in [0.2, 0.25) is 10.0 Å². The summed E-state index contributed by atoms with van der Waals surface area (Å²) < 4.78 is 30.6. The third-order valence-electron chi connectivity index (χ3n) is 3.91. The fourth-order valence-corrected chi connectivity index (χ4v) is 3.38. The molecule has 1 atom stereocenters. The molecule has 1 aliphatic heterocycles. The van der Waals surface area contributed by atoms with Crippen LogP contribution in [0.2, 0.25) is 0 Å². The lowest BCUT2D eigenvalue weighted by Crippen LogP contribution is -2.40. The van der Waals surface area contributed by atoms with Crippen LogP contribution in [-0.2, 0) is 21.2 Å². The number of nitrogens with one attached hydrogen (secondary N) is 1. The average Bonchev–Trinajstić information content (AvgIpc) is 2.96. The maximum Gasteiger partial charge on any atom is 0.213 e. The van der Waals surface area contributed by atoms with Gasteiger partial charge in [0, 0.05) is 33.6 Å². The molecule has 0 amide bonds. The Balaban J connectivity index is 1.83. The first-order valence-corrected chi connectivity index (χ1v) is 9.68. The van der Waals surface area contributed by atoms with Crippen molar-refractivity contribution in [1.29, 1.82) is 0 Å². The highest BCUT2D eigenvalue weighted by molar-refractivity contribution is 7.89. The standard InChI is InChI=1S/C14H27N5O3S/c1-4-6-13-15-14(17-16-13)12-11-19(8-9-22-12)7-5-10-23(20,21)18(2)3/h12H,4-11H2,1-3H3,(H,15,16,17)/t12-/m0/s1. The Kier molecular flexibility index (Phi) is 6.51. The van der Waals surface area contributed by atoms with E-state index < -0.39 is 10.0 Å². The van der Waals surface area contributed by atoms with E-state index in [9.17, 15) is 8.42 Å². The van der Waals surface area contributed by atoms with Crippen LogP contribution in [0, 0.1) is 0 Å². The number of sulfonamides is 1. The van der Waals surface area contributed by atoms with Crippen LogP contribution in [0.5, 0.6) is 0 Å². The number of hydrogen-bond donors (Lipinski definition) is 1. The Morgan fingerprint density at radius 3 is 2.91 bits per heavy atom. The Labute approximate surface area is 138 Å². The summed E-state index contributed by atoms with van der Waals surface area (Å²) in [6, 6.07) is 0. The van der Waals surface area contributed by atoms with Gasteiger partial charge in [-0.3, -0.25) is 10.00 Å². The quantitative estimate of drug-likeness (QED) is 0.734. The highest BCUT2D eigenvalue weighted by Crippen LogP contribution is 2.19. The van der Waals surface area contributed by atoms with Crippen molar-refractivity contribution in [1.82, 2.24) is 24.4 Å². The fourth-order valence-electron chi connectivity index (χ4n) is 2.52. The van der Waals surface area contributed by atoms with Gasteiger partial charge in [-0.2, -0.15) is 5.10 Å². The minimum absolute atomic E-state index is 0.143. The molecular weight excluding hydrogens is 318 g/mol. The lowest BCUT2D eigenvalue weighted by Gasteiger charge is -2.31. The SMILES string of the molecule is CCCc1nc([C@@H]2CN(CCCS(=O)(=O)N(C)C)CCO2)n[nH]1. The molecule has 1 fully saturated rings. The van der Waals surface area contributed by atoms with E-state index in [1.165, 1.54) is 4.31 Å². The molecule has 0 spiro atoms. The molecule has 8 nitrogen and oxygen atoms in total. The second-order valence-electron chi connectivity index (χ2n) is 6.00. The van der Waals surface area contributed by atoms with Crippen molar-refractivity contribution in [3.63, 3.8) is 0 Å². The number of aromatic nitrogens is 3. The van der Waals surface area contributed by atoms with Crippen LogP contribution in [0.4, 0.5) is 0 Å². The summed E-state index contributed by atoms with van der Waals surface area (Å²) in [5, 5.41) is 7.20. The van der Waals surface area contributed by atoms with Gasteiger partial charge in [-0.05, 0) is 19.4 Å². The molecule has 1 N–H and O–H groups in total. The van der Waals surface area contributed by atoms with Gasteiger partial charge < -0.3 is 4.74 Å². The predicted octanol–water partition coefficient (Wildman–Crippen LogP) is 0.412. The minimum Gasteiger partial charge on any atom is -0.367 e. The molecule has 0 radical (unpaired) electrons. The van der Waals surface area contributed by atoms with E-state index in [0.29, 0.717) is 25.4 Å². The molecule has 1 aromatic heterocycles. The van der Waals surface area contributed by atoms with Crippen LogP contribution >= 0.6 is 0 Å². The number of hydrogen-bond acceptors (Lipinski definition) is 6. The summed E-state index contributed by atoms with van der Waals surface area (Å²) >= 11 is 0. The maximum absolute atomic E-state index is 11.8. The number of nitrogens with zero attached hydrogens (tertiary/aromatic N) is 4. The van der Waals surface area contributed by atoms with Gasteiger partial charge in [-0.25, -0.2) is 17.7 Å². The molecule has 9 heteroatoms. The molecule has 1 aromatic rings. The van der Waals surface area contributed by atoms with Crippen molar-refractivity contribution >= 4 is 10.0 Å². The van der Waals surface area contributed by atoms with E-state index in [1.807, 2.05) is 0 Å². The summed E-state index contributed by atoms with van der Waals surface area (Å²) in [6.07, 6.45) is 2.37. The zero-order chi connectivity index (χ0) is 16.9. The molecule has 0 bridgehead atoms. The Morgan fingerprint density at radius 1 is 1.43 bits per heavy atom. The second kappa shape index (κ2) is 8.18. The van der Waals surface area contributed by atoms with Crippen molar-refractivity contribution in [3.05, 3.63) is 11.6 Å². The molecule has 23 heavy (non-hydrogen) atoms. The van der Waals surface area contributed by atoms with Gasteiger partial charge in [0.05, 0.1) is 12.4 Å². The molecule has 0 aliphatic carbocycles. The normalized spacial score (nSPS) is 20.3. The van der Waals surface area contributed by atoms with Crippen LogP contribution in [0.3, 0.4) is 0 Å². The number of morpholine rings is 1. The van der Waals surface area contributed by atoms with Gasteiger partial charge >= 0.3 is 0 Å². The number of aryl methyl sites for hydroxylation is 1. The summed E-state index contributed by atoms with van der Waals surface area (Å²) in [5.41, 5.74) is 0. The minimum atomic E-state index is -3.12. The van der Waals surface area contributed by atoms with E-state index in [2.05, 4.69) is 27.0 Å². The van der Waals surface area contributed by atoms with Crippen LogP contribution in [0.15, 0.2) is 0 Å². The van der Waals surface area contributed by atoms with Crippen molar-refractivity contribution in [3.8, 4) is 0 Å². The lowest BCUT2D eigenvalue weighted by atomic mass is 10.2. The first-order chi connectivity index (χ1) is 10.9. The van der Waals surface area contributed by atoms with Gasteiger partial charge in [0.25, 0.3) is 0 Å². The zero-order valence-electron chi connectivity index (χ0n) is 14.2. The van der Waals surface area contributed by atoms with E-state index in [4.69, 9.17) is 4.74 Å². The maximum atomic E-state index is 11.8. The van der Waals surface area contributed by atoms with Gasteiger partial charge in [0.15, 0.2) is 5.82 Å². The first-order valence-electron chi connectivity index (χ1n) is 8.07. The topological polar surface area (TPSA) is 91.4 Å². The number of rotatable bonds is 8. The third kappa shape index (κ3) is 5.23. The van der Waals surface area contributed by atoms with Gasteiger partial charge in [-0.15, -0.1) is 0 Å². The van der Waals surface area contributed by atoms with Crippen molar-refractivity contribution in [2.45, 2.75) is 32.3 Å². The summed E-state index contributed by atoms with van der Waals surface area (Å²) in [5.74, 6) is 1.75. The van der Waals surface area contributed by atoms with Crippen LogP contribution in [0.1, 0.15) is 37.5 Å². The molecule has 2 rings (SSSR count). The van der Waals surface area contributed by atoms with E-state index in [0.717, 1.165) is 31.8 Å². The molecule has 1 saturated heterocycles. The summed E-state index contributed by atoms with van der Waals surface area (Å²) in [4.78, 5) is 6.70. The van der Waals surface area contributed by atoms with E-state index in [-0.39, 0.29) is 11.9 Å². The Bertz CT molecular complexity index is 587. The molecule has 2 heterocycles. The summed E-state index contributed by atoms with van der Waals surface area (Å²) in [7, 11) is 0.0114. The van der Waals surface area contributed by atoms with E-state index in [1.54, 1.807) is 14.1 Å². The predicted molar refractivity (Wildman–Crippen MR) is 87.6 cm³/mol. The smallest absolute Gasteiger partial charge is 0.213 e. The molecular formula is C14H27N5O3S. The molecule has 132 valence electrons. The van der Waals surface area contributed by atoms with Crippen LogP contribution < -0.4 is 0 Å². The number of ether oxygens (including phenoxy) is 1. The zero-order valence-corrected chi connectivity index (χ0v) is 15.0. The fraction of sp³-hybridized carbons (Fsp3) is 0.857. The van der Waals surface area contributed by atoms with Crippen LogP contribution in [-0.4, -0.2) is 78.9 Å². The molecule has 1 aliphatic rings. The molecule has 0 unspecified atom stereocenters. The highest BCUT2D eigenvalue weighted by atomic mass is 32.2. The Hall–Kier alpha value is -1.03. The number of aromatic amines is 1. The first kappa shape index (κ1) is 18.3. The molecule has 0 saturated carbocycles. The van der Waals surface area contributed by atoms with Gasteiger partial charge in [0.1, 0.15) is 11.9 Å². The van der Waals surface area contributed by atoms with Crippen LogP contribution in [0.25, 0.3) is 0 Å². The number of H-pyrrole nitrogens is 1. The van der Waals surface area contributed by atoms with Gasteiger partial charge in [-0.1, -0.05) is 6.92 Å². The Morgan fingerprint density at radius 2 is 2.22 bits per heavy atom. The van der Waals surface area contributed by atoms with Crippen molar-refractivity contribution in [2.75, 3.05) is 46.1 Å². The van der Waals surface area contributed by atoms with Crippen molar-refractivity contribution < 1.29 is 13.2 Å². The largest absolute Gasteiger partial charge is 0.367 e. The monoisotopic (exact) mass is 345 g/mol. The summed E-state index contributed by atoms with van der Waals surface area (Å²) in [6.45, 7) is 4.96. The highest BCUT2D eigenvalue weighted by Gasteiger charge is 2.25. The van der Waals surface area contributed by atoms with Crippen molar-refractivity contribution in [2.24, 2.45) is 0 Å². The van der Waals surface area contributed by atoms with E-state index >= 15 is 0 Å².